The molecule has 0 saturated heterocycles. The number of carbonyl (C=O) groups is 1. The molecule has 170 valence electrons. The maximum atomic E-state index is 12.9. The summed E-state index contributed by atoms with van der Waals surface area (Å²) in [6, 6.07) is 10.1. The Bertz CT molecular complexity index is 813. The smallest absolute Gasteiger partial charge is 0.222 e. The number of ether oxygens (including phenoxy) is 1. The summed E-state index contributed by atoms with van der Waals surface area (Å²) in [6.07, 6.45) is 2.76. The summed E-state index contributed by atoms with van der Waals surface area (Å²) in [7, 11) is 2.09. The normalized spacial score (nSPS) is 22.0. The molecule has 0 bridgehead atoms. The minimum Gasteiger partial charge on any atom is -0.394 e. The van der Waals surface area contributed by atoms with Crippen molar-refractivity contribution in [3.8, 4) is 0 Å². The highest BCUT2D eigenvalue weighted by Gasteiger charge is 2.28. The zero-order valence-corrected chi connectivity index (χ0v) is 18.9. The van der Waals surface area contributed by atoms with Crippen molar-refractivity contribution in [2.24, 2.45) is 5.92 Å². The van der Waals surface area contributed by atoms with Crippen molar-refractivity contribution in [1.29, 1.82) is 0 Å². The van der Waals surface area contributed by atoms with Crippen LogP contribution in [-0.4, -0.2) is 74.7 Å². The molecule has 1 N–H and O–H groups in total. The summed E-state index contributed by atoms with van der Waals surface area (Å²) in [4.78, 5) is 17.0. The molecule has 1 aromatic heterocycles. The van der Waals surface area contributed by atoms with Gasteiger partial charge in [-0.3, -0.25) is 9.69 Å². The first-order valence-electron chi connectivity index (χ1n) is 11.1. The van der Waals surface area contributed by atoms with E-state index < -0.39 is 0 Å². The Morgan fingerprint density at radius 1 is 1.32 bits per heavy atom. The van der Waals surface area contributed by atoms with Crippen LogP contribution in [0.1, 0.15) is 37.9 Å². The molecular weight excluding hydrogens is 394 g/mol. The largest absolute Gasteiger partial charge is 0.394 e. The maximum Gasteiger partial charge on any atom is 0.222 e. The van der Waals surface area contributed by atoms with Gasteiger partial charge in [-0.1, -0.05) is 42.5 Å². The van der Waals surface area contributed by atoms with Crippen molar-refractivity contribution >= 4 is 5.91 Å². The van der Waals surface area contributed by atoms with Crippen LogP contribution in [-0.2, 0) is 29.2 Å². The summed E-state index contributed by atoms with van der Waals surface area (Å²) in [5.74, 6) is 0.159. The minimum atomic E-state index is -0.220. The van der Waals surface area contributed by atoms with E-state index in [9.17, 15) is 9.90 Å². The monoisotopic (exact) mass is 429 g/mol. The number of hydrogen-bond donors (Lipinski definition) is 1. The standard InChI is InChI=1S/C23H35N5O3/c1-18-13-27(19(2)16-29)23(30)10-7-11-28-21(12-24-25-28)17-31-22(18)15-26(3)14-20-8-5-4-6-9-20/h4-6,8-9,12,18-19,22,29H,7,10-11,13-17H2,1-3H3/t18-,19+,22+/m1/s1. The van der Waals surface area contributed by atoms with Crippen LogP contribution in [0.2, 0.25) is 0 Å². The van der Waals surface area contributed by atoms with Crippen molar-refractivity contribution in [3.63, 3.8) is 0 Å². The molecule has 1 aromatic carbocycles. The van der Waals surface area contributed by atoms with Crippen LogP contribution in [0.15, 0.2) is 36.5 Å². The molecule has 0 unspecified atom stereocenters. The molecule has 1 aliphatic heterocycles. The van der Waals surface area contributed by atoms with Crippen LogP contribution in [0.3, 0.4) is 0 Å². The second-order valence-electron chi connectivity index (χ2n) is 8.64. The lowest BCUT2D eigenvalue weighted by Gasteiger charge is -2.35. The Kier molecular flexibility index (Phi) is 8.57. The first kappa shape index (κ1) is 23.4. The number of aromatic nitrogens is 3. The van der Waals surface area contributed by atoms with E-state index in [2.05, 4.69) is 41.3 Å². The number of carbonyl (C=O) groups excluding carboxylic acids is 1. The Morgan fingerprint density at radius 3 is 2.84 bits per heavy atom. The maximum absolute atomic E-state index is 12.9. The van der Waals surface area contributed by atoms with Gasteiger partial charge >= 0.3 is 0 Å². The topological polar surface area (TPSA) is 83.7 Å². The van der Waals surface area contributed by atoms with Crippen molar-refractivity contribution in [3.05, 3.63) is 47.8 Å². The Morgan fingerprint density at radius 2 is 2.10 bits per heavy atom. The number of aliphatic hydroxyl groups is 1. The lowest BCUT2D eigenvalue weighted by molar-refractivity contribution is -0.136. The van der Waals surface area contributed by atoms with Crippen molar-refractivity contribution in [2.45, 2.75) is 58.5 Å². The fourth-order valence-electron chi connectivity index (χ4n) is 4.01. The van der Waals surface area contributed by atoms with E-state index in [1.54, 1.807) is 6.20 Å². The number of likely N-dealkylation sites (N-methyl/N-ethyl adjacent to an activating group) is 1. The molecule has 3 atom stereocenters. The molecule has 8 nitrogen and oxygen atoms in total. The number of hydrogen-bond acceptors (Lipinski definition) is 6. The van der Waals surface area contributed by atoms with Gasteiger partial charge in [0.15, 0.2) is 0 Å². The average Bonchev–Trinajstić information content (AvgIpc) is 3.21. The van der Waals surface area contributed by atoms with Gasteiger partial charge in [-0.25, -0.2) is 4.68 Å². The first-order chi connectivity index (χ1) is 15.0. The Labute approximate surface area is 184 Å². The van der Waals surface area contributed by atoms with Gasteiger partial charge in [0.25, 0.3) is 0 Å². The fourth-order valence-corrected chi connectivity index (χ4v) is 4.01. The van der Waals surface area contributed by atoms with Crippen molar-refractivity contribution in [1.82, 2.24) is 24.8 Å². The van der Waals surface area contributed by atoms with E-state index in [0.717, 1.165) is 18.8 Å². The quantitative estimate of drug-likeness (QED) is 0.756. The number of rotatable bonds is 6. The molecule has 3 rings (SSSR count). The SMILES string of the molecule is C[C@@H]1CN([C@@H](C)CO)C(=O)CCCn2nncc2CO[C@H]1CN(C)Cc1ccccc1. The van der Waals surface area contributed by atoms with Crippen LogP contribution in [0.5, 0.6) is 0 Å². The summed E-state index contributed by atoms with van der Waals surface area (Å²) in [5, 5.41) is 17.9. The highest BCUT2D eigenvalue weighted by molar-refractivity contribution is 5.76. The number of aliphatic hydroxyl groups excluding tert-OH is 1. The summed E-state index contributed by atoms with van der Waals surface area (Å²) in [6.45, 7) is 7.13. The number of aryl methyl sites for hydroxylation is 1. The summed E-state index contributed by atoms with van der Waals surface area (Å²) in [5.41, 5.74) is 2.18. The zero-order chi connectivity index (χ0) is 22.2. The molecule has 31 heavy (non-hydrogen) atoms. The van der Waals surface area contributed by atoms with Gasteiger partial charge in [0, 0.05) is 38.5 Å². The van der Waals surface area contributed by atoms with E-state index in [1.807, 2.05) is 34.7 Å². The van der Waals surface area contributed by atoms with Crippen LogP contribution < -0.4 is 0 Å². The predicted octanol–water partition coefficient (Wildman–Crippen LogP) is 1.93. The van der Waals surface area contributed by atoms with Gasteiger partial charge in [0.2, 0.25) is 5.91 Å². The minimum absolute atomic E-state index is 0.0505. The second-order valence-corrected chi connectivity index (χ2v) is 8.64. The van der Waals surface area contributed by atoms with E-state index in [0.29, 0.717) is 32.5 Å². The number of nitrogens with zero attached hydrogens (tertiary/aromatic N) is 5. The van der Waals surface area contributed by atoms with Gasteiger partial charge in [0.05, 0.1) is 37.3 Å². The van der Waals surface area contributed by atoms with Crippen molar-refractivity contribution < 1.29 is 14.6 Å². The molecule has 0 spiro atoms. The molecule has 2 heterocycles. The van der Waals surface area contributed by atoms with Gasteiger partial charge in [0.1, 0.15) is 0 Å². The highest BCUT2D eigenvalue weighted by Crippen LogP contribution is 2.18. The van der Waals surface area contributed by atoms with E-state index in [-0.39, 0.29) is 30.6 Å². The fraction of sp³-hybridized carbons (Fsp3) is 0.609. The molecular formula is C23H35N5O3. The Balaban J connectivity index is 1.77. The van der Waals surface area contributed by atoms with E-state index in [1.165, 1.54) is 5.56 Å². The second kappa shape index (κ2) is 11.4. The average molecular weight is 430 g/mol. The molecule has 1 aliphatic rings. The van der Waals surface area contributed by atoms with Gasteiger partial charge in [-0.05, 0) is 26.0 Å². The van der Waals surface area contributed by atoms with Crippen LogP contribution in [0.4, 0.5) is 0 Å². The molecule has 0 aliphatic carbocycles. The highest BCUT2D eigenvalue weighted by atomic mass is 16.5. The third kappa shape index (κ3) is 6.59. The molecule has 0 fully saturated rings. The van der Waals surface area contributed by atoms with E-state index in [4.69, 9.17) is 4.74 Å². The molecule has 2 aromatic rings. The van der Waals surface area contributed by atoms with Crippen molar-refractivity contribution in [2.75, 3.05) is 26.7 Å². The first-order valence-corrected chi connectivity index (χ1v) is 11.1. The lowest BCUT2D eigenvalue weighted by atomic mass is 10.0. The molecule has 1 amide bonds. The van der Waals surface area contributed by atoms with Gasteiger partial charge < -0.3 is 14.7 Å². The third-order valence-electron chi connectivity index (χ3n) is 5.93. The zero-order valence-electron chi connectivity index (χ0n) is 18.9. The van der Waals surface area contributed by atoms with Gasteiger partial charge in [-0.15, -0.1) is 5.10 Å². The molecule has 8 heteroatoms. The predicted molar refractivity (Wildman–Crippen MR) is 118 cm³/mol. The third-order valence-corrected chi connectivity index (χ3v) is 5.93. The Hall–Kier alpha value is -2.29. The van der Waals surface area contributed by atoms with Gasteiger partial charge in [-0.2, -0.15) is 0 Å². The summed E-state index contributed by atoms with van der Waals surface area (Å²) >= 11 is 0. The number of benzene rings is 1. The van der Waals surface area contributed by atoms with Crippen LogP contribution >= 0.6 is 0 Å². The number of fused-ring (bicyclic) bond motifs is 1. The molecule has 0 radical (unpaired) electrons. The summed E-state index contributed by atoms with van der Waals surface area (Å²) < 4.78 is 8.20. The van der Waals surface area contributed by atoms with Crippen LogP contribution in [0.25, 0.3) is 0 Å². The number of amides is 1. The lowest BCUT2D eigenvalue weighted by Crippen LogP contribution is -2.47. The molecule has 0 saturated carbocycles. The van der Waals surface area contributed by atoms with E-state index >= 15 is 0 Å². The van der Waals surface area contributed by atoms with Crippen LogP contribution in [0, 0.1) is 5.92 Å².